The summed E-state index contributed by atoms with van der Waals surface area (Å²) in [6, 6.07) is 10.5. The van der Waals surface area contributed by atoms with Crippen molar-refractivity contribution in [1.82, 2.24) is 9.88 Å². The number of nitrogens with zero attached hydrogens (tertiary/aromatic N) is 1. The van der Waals surface area contributed by atoms with E-state index in [2.05, 4.69) is 47.3 Å². The summed E-state index contributed by atoms with van der Waals surface area (Å²) in [6.07, 6.45) is 3.11. The molecule has 4 nitrogen and oxygen atoms in total. The highest BCUT2D eigenvalue weighted by Gasteiger charge is 2.11. The molecule has 0 fully saturated rings. The summed E-state index contributed by atoms with van der Waals surface area (Å²) in [5.41, 5.74) is 2.61. The van der Waals surface area contributed by atoms with Gasteiger partial charge in [-0.2, -0.15) is 0 Å². The standard InChI is InChI=1S/C17H22N2O2/c1-2-19-9-3-4-15(19)13-18-8-7-14-5-6-16-17(12-14)21-11-10-20-16/h3-6,9,12,18H,2,7-8,10-11,13H2,1H3. The molecule has 1 aromatic carbocycles. The molecule has 0 aliphatic carbocycles. The van der Waals surface area contributed by atoms with Gasteiger partial charge in [0.15, 0.2) is 11.5 Å². The van der Waals surface area contributed by atoms with Gasteiger partial charge in [-0.3, -0.25) is 0 Å². The second-order valence-corrected chi connectivity index (χ2v) is 5.19. The van der Waals surface area contributed by atoms with Crippen molar-refractivity contribution in [3.63, 3.8) is 0 Å². The molecule has 0 atom stereocenters. The zero-order valence-corrected chi connectivity index (χ0v) is 12.5. The van der Waals surface area contributed by atoms with Gasteiger partial charge in [-0.1, -0.05) is 6.07 Å². The topological polar surface area (TPSA) is 35.4 Å². The van der Waals surface area contributed by atoms with E-state index in [0.29, 0.717) is 13.2 Å². The van der Waals surface area contributed by atoms with E-state index in [0.717, 1.165) is 37.6 Å². The molecule has 0 radical (unpaired) electrons. The fourth-order valence-corrected chi connectivity index (χ4v) is 2.61. The van der Waals surface area contributed by atoms with Crippen LogP contribution in [0.25, 0.3) is 0 Å². The smallest absolute Gasteiger partial charge is 0.161 e. The number of nitrogens with one attached hydrogen (secondary N) is 1. The van der Waals surface area contributed by atoms with Gasteiger partial charge < -0.3 is 19.4 Å². The monoisotopic (exact) mass is 286 g/mol. The van der Waals surface area contributed by atoms with Crippen LogP contribution in [-0.4, -0.2) is 24.3 Å². The first-order valence-corrected chi connectivity index (χ1v) is 7.60. The maximum atomic E-state index is 5.61. The van der Waals surface area contributed by atoms with Crippen LogP contribution in [0.3, 0.4) is 0 Å². The molecule has 0 bridgehead atoms. The number of aryl methyl sites for hydroxylation is 1. The van der Waals surface area contributed by atoms with Gasteiger partial charge in [0.1, 0.15) is 13.2 Å². The lowest BCUT2D eigenvalue weighted by atomic mass is 10.1. The molecule has 0 saturated heterocycles. The Hall–Kier alpha value is -1.94. The Kier molecular flexibility index (Phi) is 4.46. The lowest BCUT2D eigenvalue weighted by Gasteiger charge is -2.18. The van der Waals surface area contributed by atoms with E-state index in [9.17, 15) is 0 Å². The Balaban J connectivity index is 1.49. The number of rotatable bonds is 6. The average Bonchev–Trinajstić information content (AvgIpc) is 2.99. The van der Waals surface area contributed by atoms with Crippen LogP contribution in [0, 0.1) is 0 Å². The van der Waals surface area contributed by atoms with E-state index in [1.807, 2.05) is 6.07 Å². The fourth-order valence-electron chi connectivity index (χ4n) is 2.61. The number of ether oxygens (including phenoxy) is 2. The molecular formula is C17H22N2O2. The Labute approximate surface area is 125 Å². The summed E-state index contributed by atoms with van der Waals surface area (Å²) in [6.45, 7) is 6.33. The predicted octanol–water partition coefficient (Wildman–Crippen LogP) is 2.61. The molecule has 4 heteroatoms. The van der Waals surface area contributed by atoms with Crippen LogP contribution in [0.2, 0.25) is 0 Å². The second kappa shape index (κ2) is 6.68. The lowest BCUT2D eigenvalue weighted by Crippen LogP contribution is -2.19. The van der Waals surface area contributed by atoms with Crippen LogP contribution in [0.5, 0.6) is 11.5 Å². The van der Waals surface area contributed by atoms with Crippen LogP contribution in [0.4, 0.5) is 0 Å². The average molecular weight is 286 g/mol. The van der Waals surface area contributed by atoms with E-state index < -0.39 is 0 Å². The second-order valence-electron chi connectivity index (χ2n) is 5.19. The summed E-state index contributed by atoms with van der Waals surface area (Å²) < 4.78 is 13.4. The first-order chi connectivity index (χ1) is 10.4. The van der Waals surface area contributed by atoms with Gasteiger partial charge >= 0.3 is 0 Å². The van der Waals surface area contributed by atoms with Crippen molar-refractivity contribution >= 4 is 0 Å². The quantitative estimate of drug-likeness (QED) is 0.829. The SMILES string of the molecule is CCn1cccc1CNCCc1ccc2c(c1)OCCO2. The van der Waals surface area contributed by atoms with Gasteiger partial charge in [-0.05, 0) is 49.7 Å². The molecule has 2 heterocycles. The van der Waals surface area contributed by atoms with Gasteiger partial charge in [-0.25, -0.2) is 0 Å². The van der Waals surface area contributed by atoms with E-state index >= 15 is 0 Å². The van der Waals surface area contributed by atoms with E-state index in [1.165, 1.54) is 11.3 Å². The van der Waals surface area contributed by atoms with Gasteiger partial charge in [-0.15, -0.1) is 0 Å². The van der Waals surface area contributed by atoms with Gasteiger partial charge in [0.05, 0.1) is 0 Å². The van der Waals surface area contributed by atoms with Crippen molar-refractivity contribution in [3.8, 4) is 11.5 Å². The molecule has 1 aliphatic heterocycles. The Bertz CT molecular complexity index is 592. The molecule has 0 unspecified atom stereocenters. The lowest BCUT2D eigenvalue weighted by molar-refractivity contribution is 0.171. The first-order valence-electron chi connectivity index (χ1n) is 7.60. The summed E-state index contributed by atoms with van der Waals surface area (Å²) >= 11 is 0. The fraction of sp³-hybridized carbons (Fsp3) is 0.412. The minimum atomic E-state index is 0.642. The molecule has 2 aromatic rings. The number of hydrogen-bond acceptors (Lipinski definition) is 3. The van der Waals surface area contributed by atoms with Gasteiger partial charge in [0.2, 0.25) is 0 Å². The van der Waals surface area contributed by atoms with Crippen molar-refractivity contribution in [2.24, 2.45) is 0 Å². The third-order valence-corrected chi connectivity index (χ3v) is 3.77. The molecule has 21 heavy (non-hydrogen) atoms. The number of benzene rings is 1. The first kappa shape index (κ1) is 14.0. The van der Waals surface area contributed by atoms with Gasteiger partial charge in [0.25, 0.3) is 0 Å². The van der Waals surface area contributed by atoms with Crippen LogP contribution in [0.1, 0.15) is 18.2 Å². The van der Waals surface area contributed by atoms with Gasteiger partial charge in [0, 0.05) is 25.0 Å². The number of fused-ring (bicyclic) bond motifs is 1. The van der Waals surface area contributed by atoms with Crippen LogP contribution < -0.4 is 14.8 Å². The van der Waals surface area contributed by atoms with Crippen molar-refractivity contribution in [3.05, 3.63) is 47.8 Å². The zero-order valence-electron chi connectivity index (χ0n) is 12.5. The number of aromatic nitrogens is 1. The Morgan fingerprint density at radius 1 is 1.14 bits per heavy atom. The molecule has 3 rings (SSSR count). The maximum Gasteiger partial charge on any atom is 0.161 e. The van der Waals surface area contributed by atoms with Crippen LogP contribution in [-0.2, 0) is 19.5 Å². The van der Waals surface area contributed by atoms with Crippen LogP contribution >= 0.6 is 0 Å². The zero-order chi connectivity index (χ0) is 14.5. The van der Waals surface area contributed by atoms with E-state index in [4.69, 9.17) is 9.47 Å². The normalized spacial score (nSPS) is 13.4. The molecule has 1 aliphatic rings. The number of hydrogen-bond donors (Lipinski definition) is 1. The van der Waals surface area contributed by atoms with Crippen molar-refractivity contribution in [1.29, 1.82) is 0 Å². The third kappa shape index (κ3) is 3.39. The van der Waals surface area contributed by atoms with Crippen molar-refractivity contribution < 1.29 is 9.47 Å². The summed E-state index contributed by atoms with van der Waals surface area (Å²) in [5, 5.41) is 3.50. The summed E-state index contributed by atoms with van der Waals surface area (Å²) in [5.74, 6) is 1.73. The van der Waals surface area contributed by atoms with Crippen LogP contribution in [0.15, 0.2) is 36.5 Å². The van der Waals surface area contributed by atoms with E-state index in [-0.39, 0.29) is 0 Å². The molecule has 0 spiro atoms. The highest BCUT2D eigenvalue weighted by molar-refractivity contribution is 5.43. The molecule has 0 saturated carbocycles. The predicted molar refractivity (Wildman–Crippen MR) is 82.9 cm³/mol. The molecular weight excluding hydrogens is 264 g/mol. The molecule has 1 aromatic heterocycles. The van der Waals surface area contributed by atoms with Crippen molar-refractivity contribution in [2.45, 2.75) is 26.4 Å². The highest BCUT2D eigenvalue weighted by atomic mass is 16.6. The highest BCUT2D eigenvalue weighted by Crippen LogP contribution is 2.30. The summed E-state index contributed by atoms with van der Waals surface area (Å²) in [4.78, 5) is 0. The Morgan fingerprint density at radius 2 is 2.00 bits per heavy atom. The maximum absolute atomic E-state index is 5.61. The van der Waals surface area contributed by atoms with E-state index in [1.54, 1.807) is 0 Å². The third-order valence-electron chi connectivity index (χ3n) is 3.77. The molecule has 112 valence electrons. The molecule has 0 amide bonds. The largest absolute Gasteiger partial charge is 0.486 e. The molecule has 1 N–H and O–H groups in total. The minimum Gasteiger partial charge on any atom is -0.486 e. The summed E-state index contributed by atoms with van der Waals surface area (Å²) in [7, 11) is 0. The Morgan fingerprint density at radius 3 is 2.86 bits per heavy atom. The minimum absolute atomic E-state index is 0.642. The van der Waals surface area contributed by atoms with Crippen molar-refractivity contribution in [2.75, 3.05) is 19.8 Å².